The van der Waals surface area contributed by atoms with E-state index in [1.54, 1.807) is 13.2 Å². The van der Waals surface area contributed by atoms with Crippen LogP contribution in [0, 0.1) is 0 Å². The van der Waals surface area contributed by atoms with Gasteiger partial charge in [0.2, 0.25) is 0 Å². The van der Waals surface area contributed by atoms with E-state index < -0.39 is 0 Å². The highest BCUT2D eigenvalue weighted by molar-refractivity contribution is 5.99. The molecule has 0 heterocycles. The maximum absolute atomic E-state index is 12.4. The second-order valence-electron chi connectivity index (χ2n) is 4.38. The summed E-state index contributed by atoms with van der Waals surface area (Å²) in [5.74, 6) is 1.49. The molecule has 0 aliphatic carbocycles. The summed E-state index contributed by atoms with van der Waals surface area (Å²) in [6, 6.07) is 14.9. The van der Waals surface area contributed by atoms with Crippen LogP contribution < -0.4 is 9.47 Å². The van der Waals surface area contributed by atoms with Crippen molar-refractivity contribution in [2.45, 2.75) is 13.3 Å². The van der Waals surface area contributed by atoms with Crippen LogP contribution in [0.15, 0.2) is 48.5 Å². The Hall–Kier alpha value is -2.29. The first-order valence-electron chi connectivity index (χ1n) is 6.62. The fourth-order valence-corrected chi connectivity index (χ4v) is 2.00. The first-order valence-corrected chi connectivity index (χ1v) is 6.62. The molecule has 2 aromatic carbocycles. The van der Waals surface area contributed by atoms with Crippen molar-refractivity contribution in [3.05, 3.63) is 59.7 Å². The zero-order valence-corrected chi connectivity index (χ0v) is 11.8. The minimum atomic E-state index is 0.0548. The van der Waals surface area contributed by atoms with E-state index in [1.165, 1.54) is 0 Å². The number of carbonyl (C=O) groups excluding carboxylic acids is 1. The minimum Gasteiger partial charge on any atom is -0.497 e. The fourth-order valence-electron chi connectivity index (χ4n) is 2.00. The molecule has 0 aromatic heterocycles. The normalized spacial score (nSPS) is 10.1. The van der Waals surface area contributed by atoms with Gasteiger partial charge in [-0.25, -0.2) is 0 Å². The highest BCUT2D eigenvalue weighted by Gasteiger charge is 2.12. The molecule has 20 heavy (non-hydrogen) atoms. The Morgan fingerprint density at radius 1 is 1.05 bits per heavy atom. The lowest BCUT2D eigenvalue weighted by Crippen LogP contribution is -2.06. The van der Waals surface area contributed by atoms with Crippen LogP contribution in [-0.4, -0.2) is 19.5 Å². The van der Waals surface area contributed by atoms with E-state index in [9.17, 15) is 4.79 Å². The molecule has 0 fully saturated rings. The smallest absolute Gasteiger partial charge is 0.170 e. The Morgan fingerprint density at radius 3 is 2.40 bits per heavy atom. The van der Waals surface area contributed by atoms with Crippen LogP contribution in [0.1, 0.15) is 22.8 Å². The standard InChI is InChI=1S/C17H18O3/c1-3-20-17-7-5-4-6-15(17)16(18)12-13-8-10-14(19-2)11-9-13/h4-11H,3,12H2,1-2H3. The number of Topliss-reactive ketones (excluding diaryl/α,β-unsaturated/α-hetero) is 1. The van der Waals surface area contributed by atoms with E-state index in [-0.39, 0.29) is 5.78 Å². The van der Waals surface area contributed by atoms with Crippen molar-refractivity contribution in [3.8, 4) is 11.5 Å². The Labute approximate surface area is 119 Å². The van der Waals surface area contributed by atoms with Gasteiger partial charge in [-0.15, -0.1) is 0 Å². The third kappa shape index (κ3) is 3.38. The van der Waals surface area contributed by atoms with Crippen LogP contribution in [0.2, 0.25) is 0 Å². The van der Waals surface area contributed by atoms with Crippen molar-refractivity contribution in [1.82, 2.24) is 0 Å². The van der Waals surface area contributed by atoms with Crippen LogP contribution in [0.4, 0.5) is 0 Å². The molecule has 0 radical (unpaired) electrons. The summed E-state index contributed by atoms with van der Waals surface area (Å²) in [5.41, 5.74) is 1.59. The highest BCUT2D eigenvalue weighted by Crippen LogP contribution is 2.21. The molecule has 0 saturated carbocycles. The van der Waals surface area contributed by atoms with Crippen molar-refractivity contribution in [3.63, 3.8) is 0 Å². The number of para-hydroxylation sites is 1. The van der Waals surface area contributed by atoms with Gasteiger partial charge in [-0.1, -0.05) is 24.3 Å². The number of benzene rings is 2. The summed E-state index contributed by atoms with van der Waals surface area (Å²) in [6.07, 6.45) is 0.355. The molecule has 0 aliphatic heterocycles. The lowest BCUT2D eigenvalue weighted by molar-refractivity contribution is 0.0989. The highest BCUT2D eigenvalue weighted by atomic mass is 16.5. The average Bonchev–Trinajstić information content (AvgIpc) is 2.49. The molecule has 104 valence electrons. The number of hydrogen-bond acceptors (Lipinski definition) is 3. The third-order valence-electron chi connectivity index (χ3n) is 3.01. The number of carbonyl (C=O) groups is 1. The Kier molecular flexibility index (Phi) is 4.77. The molecular formula is C17H18O3. The second-order valence-corrected chi connectivity index (χ2v) is 4.38. The second kappa shape index (κ2) is 6.75. The quantitative estimate of drug-likeness (QED) is 0.753. The molecule has 3 nitrogen and oxygen atoms in total. The Bertz CT molecular complexity index is 573. The van der Waals surface area contributed by atoms with Gasteiger partial charge in [0.25, 0.3) is 0 Å². The van der Waals surface area contributed by atoms with E-state index >= 15 is 0 Å². The van der Waals surface area contributed by atoms with Crippen LogP contribution >= 0.6 is 0 Å². The molecular weight excluding hydrogens is 252 g/mol. The van der Waals surface area contributed by atoms with Gasteiger partial charge >= 0.3 is 0 Å². The number of ketones is 1. The van der Waals surface area contributed by atoms with E-state index in [0.717, 1.165) is 11.3 Å². The number of rotatable bonds is 6. The monoisotopic (exact) mass is 270 g/mol. The minimum absolute atomic E-state index is 0.0548. The summed E-state index contributed by atoms with van der Waals surface area (Å²) in [4.78, 5) is 12.4. The molecule has 0 saturated heterocycles. The van der Waals surface area contributed by atoms with Crippen LogP contribution in [0.5, 0.6) is 11.5 Å². The first-order chi connectivity index (χ1) is 9.74. The lowest BCUT2D eigenvalue weighted by Gasteiger charge is -2.09. The van der Waals surface area contributed by atoms with E-state index in [4.69, 9.17) is 9.47 Å². The Morgan fingerprint density at radius 2 is 1.75 bits per heavy atom. The third-order valence-corrected chi connectivity index (χ3v) is 3.01. The zero-order chi connectivity index (χ0) is 14.4. The summed E-state index contributed by atoms with van der Waals surface area (Å²) < 4.78 is 10.6. The average molecular weight is 270 g/mol. The van der Waals surface area contributed by atoms with Crippen LogP contribution in [-0.2, 0) is 6.42 Å². The zero-order valence-electron chi connectivity index (χ0n) is 11.8. The number of hydrogen-bond donors (Lipinski definition) is 0. The van der Waals surface area contributed by atoms with Gasteiger partial charge in [0.1, 0.15) is 11.5 Å². The van der Waals surface area contributed by atoms with Gasteiger partial charge < -0.3 is 9.47 Å². The summed E-state index contributed by atoms with van der Waals surface area (Å²) >= 11 is 0. The molecule has 0 aliphatic rings. The molecule has 0 unspecified atom stereocenters. The fraction of sp³-hybridized carbons (Fsp3) is 0.235. The number of ether oxygens (including phenoxy) is 2. The predicted molar refractivity (Wildman–Crippen MR) is 78.6 cm³/mol. The first kappa shape index (κ1) is 14.1. The van der Waals surface area contributed by atoms with Gasteiger partial charge in [0, 0.05) is 6.42 Å². The van der Waals surface area contributed by atoms with Crippen molar-refractivity contribution in [2.24, 2.45) is 0 Å². The summed E-state index contributed by atoms with van der Waals surface area (Å²) in [6.45, 7) is 2.46. The van der Waals surface area contributed by atoms with Crippen LogP contribution in [0.25, 0.3) is 0 Å². The van der Waals surface area contributed by atoms with Gasteiger partial charge in [0.05, 0.1) is 19.3 Å². The molecule has 2 aromatic rings. The van der Waals surface area contributed by atoms with Crippen molar-refractivity contribution < 1.29 is 14.3 Å². The van der Waals surface area contributed by atoms with E-state index in [2.05, 4.69) is 0 Å². The van der Waals surface area contributed by atoms with E-state index in [1.807, 2.05) is 49.4 Å². The SMILES string of the molecule is CCOc1ccccc1C(=O)Cc1ccc(OC)cc1. The lowest BCUT2D eigenvalue weighted by atomic mass is 10.0. The largest absolute Gasteiger partial charge is 0.497 e. The van der Waals surface area contributed by atoms with Crippen molar-refractivity contribution >= 4 is 5.78 Å². The molecule has 0 atom stereocenters. The van der Waals surface area contributed by atoms with Crippen molar-refractivity contribution in [1.29, 1.82) is 0 Å². The molecule has 2 rings (SSSR count). The van der Waals surface area contributed by atoms with Gasteiger partial charge in [-0.3, -0.25) is 4.79 Å². The van der Waals surface area contributed by atoms with Gasteiger partial charge in [0.15, 0.2) is 5.78 Å². The topological polar surface area (TPSA) is 35.5 Å². The van der Waals surface area contributed by atoms with Gasteiger partial charge in [-0.2, -0.15) is 0 Å². The molecule has 0 spiro atoms. The molecule has 3 heteroatoms. The molecule has 0 amide bonds. The summed E-state index contributed by atoms with van der Waals surface area (Å²) in [5, 5.41) is 0. The summed E-state index contributed by atoms with van der Waals surface area (Å²) in [7, 11) is 1.62. The molecule has 0 N–H and O–H groups in total. The maximum Gasteiger partial charge on any atom is 0.170 e. The maximum atomic E-state index is 12.4. The van der Waals surface area contributed by atoms with Gasteiger partial charge in [-0.05, 0) is 36.8 Å². The van der Waals surface area contributed by atoms with Crippen molar-refractivity contribution in [2.75, 3.05) is 13.7 Å². The van der Waals surface area contributed by atoms with E-state index in [0.29, 0.717) is 24.3 Å². The van der Waals surface area contributed by atoms with Crippen LogP contribution in [0.3, 0.4) is 0 Å². The number of methoxy groups -OCH3 is 1. The predicted octanol–water partition coefficient (Wildman–Crippen LogP) is 3.52. The Balaban J connectivity index is 2.15. The molecule has 0 bridgehead atoms.